The van der Waals surface area contributed by atoms with Gasteiger partial charge >= 0.3 is 6.03 Å². The Hall–Kier alpha value is -1.52. The first-order valence-corrected chi connectivity index (χ1v) is 5.14. The second-order valence-electron chi connectivity index (χ2n) is 2.03. The first kappa shape index (κ1) is 15.9. The Morgan fingerprint density at radius 3 is 2.20 bits per heavy atom. The number of aryl methyl sites for hydroxylation is 1. The summed E-state index contributed by atoms with van der Waals surface area (Å²) in [6.45, 7) is 9.75. The van der Waals surface area contributed by atoms with E-state index in [4.69, 9.17) is 4.52 Å². The summed E-state index contributed by atoms with van der Waals surface area (Å²) in [6.07, 6.45) is 0. The average molecular weight is 215 g/mol. The summed E-state index contributed by atoms with van der Waals surface area (Å²) in [7, 11) is 1.53. The number of carbonyl (C=O) groups is 1. The first-order valence-electron chi connectivity index (χ1n) is 5.14. The summed E-state index contributed by atoms with van der Waals surface area (Å²) in [4.78, 5) is 10.7. The summed E-state index contributed by atoms with van der Waals surface area (Å²) in [5.41, 5.74) is 0. The van der Waals surface area contributed by atoms with Gasteiger partial charge in [-0.15, -0.1) is 0 Å². The Kier molecular flexibility index (Phi) is 11.2. The molecule has 5 heteroatoms. The van der Waals surface area contributed by atoms with Gasteiger partial charge in [0.05, 0.1) is 0 Å². The van der Waals surface area contributed by atoms with Crippen LogP contribution in [0, 0.1) is 6.92 Å². The topological polar surface area (TPSA) is 67.2 Å². The van der Waals surface area contributed by atoms with Crippen molar-refractivity contribution in [1.29, 1.82) is 0 Å². The molecular formula is C10H21N3O2. The van der Waals surface area contributed by atoms with E-state index in [1.54, 1.807) is 13.0 Å². The third kappa shape index (κ3) is 7.54. The Morgan fingerprint density at radius 1 is 1.33 bits per heavy atom. The maximum Gasteiger partial charge on any atom is 0.320 e. The second kappa shape index (κ2) is 10.6. The van der Waals surface area contributed by atoms with E-state index in [1.807, 2.05) is 27.7 Å². The van der Waals surface area contributed by atoms with Gasteiger partial charge in [0.25, 0.3) is 0 Å². The lowest BCUT2D eigenvalue weighted by Crippen LogP contribution is -2.24. The molecular weight excluding hydrogens is 194 g/mol. The zero-order valence-electron chi connectivity index (χ0n) is 10.3. The molecule has 2 N–H and O–H groups in total. The number of carbonyl (C=O) groups excluding carboxylic acids is 1. The second-order valence-corrected chi connectivity index (χ2v) is 2.03. The van der Waals surface area contributed by atoms with Gasteiger partial charge in [-0.1, -0.05) is 32.9 Å². The highest BCUT2D eigenvalue weighted by molar-refractivity contribution is 5.87. The van der Waals surface area contributed by atoms with Gasteiger partial charge in [-0.25, -0.2) is 4.79 Å². The zero-order valence-corrected chi connectivity index (χ0v) is 10.3. The van der Waals surface area contributed by atoms with Crippen LogP contribution in [0.2, 0.25) is 0 Å². The number of urea groups is 1. The molecule has 0 bridgehead atoms. The van der Waals surface area contributed by atoms with Gasteiger partial charge < -0.3 is 9.84 Å². The number of aromatic nitrogens is 1. The third-order valence-corrected chi connectivity index (χ3v) is 1.10. The van der Waals surface area contributed by atoms with Gasteiger partial charge in [0, 0.05) is 13.1 Å². The Morgan fingerprint density at radius 2 is 1.87 bits per heavy atom. The molecule has 15 heavy (non-hydrogen) atoms. The van der Waals surface area contributed by atoms with Crippen molar-refractivity contribution in [3.05, 3.63) is 11.8 Å². The van der Waals surface area contributed by atoms with Crippen LogP contribution in [0.25, 0.3) is 0 Å². The van der Waals surface area contributed by atoms with Crippen LogP contribution in [0.5, 0.6) is 0 Å². The largest absolute Gasteiger partial charge is 0.360 e. The smallest absolute Gasteiger partial charge is 0.320 e. The van der Waals surface area contributed by atoms with Crippen LogP contribution in [0.1, 0.15) is 33.5 Å². The molecule has 88 valence electrons. The molecule has 0 fully saturated rings. The van der Waals surface area contributed by atoms with E-state index >= 15 is 0 Å². The molecule has 1 aromatic heterocycles. The van der Waals surface area contributed by atoms with E-state index in [9.17, 15) is 4.79 Å². The Labute approximate surface area is 91.2 Å². The molecule has 0 atom stereocenters. The van der Waals surface area contributed by atoms with Gasteiger partial charge in [-0.2, -0.15) is 0 Å². The van der Waals surface area contributed by atoms with Gasteiger partial charge in [0.1, 0.15) is 5.76 Å². The van der Waals surface area contributed by atoms with Crippen molar-refractivity contribution in [2.75, 3.05) is 12.4 Å². The molecule has 0 aliphatic heterocycles. The van der Waals surface area contributed by atoms with E-state index in [2.05, 4.69) is 15.8 Å². The molecule has 2 amide bonds. The monoisotopic (exact) mass is 215 g/mol. The van der Waals surface area contributed by atoms with Crippen molar-refractivity contribution < 1.29 is 9.32 Å². The normalized spacial score (nSPS) is 7.60. The summed E-state index contributed by atoms with van der Waals surface area (Å²) >= 11 is 0. The molecule has 0 aliphatic rings. The number of anilines is 1. The molecule has 1 aromatic rings. The lowest BCUT2D eigenvalue weighted by atomic mass is 10.5. The summed E-state index contributed by atoms with van der Waals surface area (Å²) in [5.74, 6) is 1.08. The average Bonchev–Trinajstić information content (AvgIpc) is 2.69. The summed E-state index contributed by atoms with van der Waals surface area (Å²) < 4.78 is 4.72. The molecule has 1 heterocycles. The predicted octanol–water partition coefficient (Wildman–Crippen LogP) is 2.79. The van der Waals surface area contributed by atoms with Crippen LogP contribution in [-0.2, 0) is 0 Å². The SMILES string of the molecule is CC.CC.CNC(=O)Nc1cc(C)on1. The standard InChI is InChI=1S/C6H9N3O2.2C2H6/c1-4-3-5(9-11-4)8-6(10)7-2;2*1-2/h3H,1-2H3,(H2,7,8,9,10);2*1-2H3. The highest BCUT2D eigenvalue weighted by atomic mass is 16.5. The number of rotatable bonds is 1. The van der Waals surface area contributed by atoms with E-state index < -0.39 is 0 Å². The maximum absolute atomic E-state index is 10.7. The molecule has 5 nitrogen and oxygen atoms in total. The zero-order chi connectivity index (χ0) is 12.3. The van der Waals surface area contributed by atoms with E-state index in [-0.39, 0.29) is 6.03 Å². The van der Waals surface area contributed by atoms with Crippen molar-refractivity contribution in [2.24, 2.45) is 0 Å². The quantitative estimate of drug-likeness (QED) is 0.757. The van der Waals surface area contributed by atoms with Gasteiger partial charge in [-0.3, -0.25) is 5.32 Å². The number of hydrogen-bond donors (Lipinski definition) is 2. The van der Waals surface area contributed by atoms with Gasteiger partial charge in [-0.05, 0) is 6.92 Å². The fourth-order valence-electron chi connectivity index (χ4n) is 0.604. The highest BCUT2D eigenvalue weighted by Gasteiger charge is 2.01. The number of nitrogens with zero attached hydrogens (tertiary/aromatic N) is 1. The van der Waals surface area contributed by atoms with Crippen molar-refractivity contribution in [1.82, 2.24) is 10.5 Å². The molecule has 0 saturated carbocycles. The van der Waals surface area contributed by atoms with Crippen molar-refractivity contribution in [2.45, 2.75) is 34.6 Å². The van der Waals surface area contributed by atoms with Gasteiger partial charge in [0.15, 0.2) is 5.82 Å². The number of amides is 2. The molecule has 0 aromatic carbocycles. The molecule has 1 rings (SSSR count). The van der Waals surface area contributed by atoms with Crippen LogP contribution in [-0.4, -0.2) is 18.2 Å². The minimum atomic E-state index is -0.307. The van der Waals surface area contributed by atoms with E-state index in [0.29, 0.717) is 11.6 Å². The van der Waals surface area contributed by atoms with Crippen molar-refractivity contribution in [3.63, 3.8) is 0 Å². The summed E-state index contributed by atoms with van der Waals surface area (Å²) in [6, 6.07) is 1.33. The minimum absolute atomic E-state index is 0.307. The van der Waals surface area contributed by atoms with Crippen LogP contribution >= 0.6 is 0 Å². The summed E-state index contributed by atoms with van der Waals surface area (Å²) in [5, 5.41) is 8.41. The number of nitrogens with one attached hydrogen (secondary N) is 2. The Balaban J connectivity index is 0. The molecule has 0 unspecified atom stereocenters. The van der Waals surface area contributed by atoms with E-state index in [1.165, 1.54) is 7.05 Å². The molecule has 0 spiro atoms. The third-order valence-electron chi connectivity index (χ3n) is 1.10. The minimum Gasteiger partial charge on any atom is -0.360 e. The predicted molar refractivity (Wildman–Crippen MR) is 62.0 cm³/mol. The van der Waals surface area contributed by atoms with E-state index in [0.717, 1.165) is 0 Å². The van der Waals surface area contributed by atoms with Crippen LogP contribution in [0.4, 0.5) is 10.6 Å². The lowest BCUT2D eigenvalue weighted by molar-refractivity contribution is 0.253. The lowest BCUT2D eigenvalue weighted by Gasteiger charge is -1.96. The Bertz CT molecular complexity index is 259. The van der Waals surface area contributed by atoms with Crippen molar-refractivity contribution >= 4 is 11.8 Å². The van der Waals surface area contributed by atoms with Crippen LogP contribution < -0.4 is 10.6 Å². The number of hydrogen-bond acceptors (Lipinski definition) is 3. The van der Waals surface area contributed by atoms with Crippen LogP contribution in [0.3, 0.4) is 0 Å². The fraction of sp³-hybridized carbons (Fsp3) is 0.600. The molecule has 0 aliphatic carbocycles. The first-order chi connectivity index (χ1) is 7.22. The van der Waals surface area contributed by atoms with Gasteiger partial charge in [0.2, 0.25) is 0 Å². The fourth-order valence-corrected chi connectivity index (χ4v) is 0.604. The molecule has 0 radical (unpaired) electrons. The van der Waals surface area contributed by atoms with Crippen molar-refractivity contribution in [3.8, 4) is 0 Å². The van der Waals surface area contributed by atoms with Crippen LogP contribution in [0.15, 0.2) is 10.6 Å². The molecule has 0 saturated heterocycles. The maximum atomic E-state index is 10.7. The highest BCUT2D eigenvalue weighted by Crippen LogP contribution is 2.05.